The summed E-state index contributed by atoms with van der Waals surface area (Å²) in [6.45, 7) is 1.72. The van der Waals surface area contributed by atoms with Gasteiger partial charge in [0.1, 0.15) is 23.0 Å². The molecular formula is C17H11N9O3S2. The fourth-order valence-corrected chi connectivity index (χ4v) is 3.65. The minimum Gasteiger partial charge on any atom is -0.505 e. The monoisotopic (exact) mass is 453 g/mol. The number of nitriles is 1. The molecule has 31 heavy (non-hydrogen) atoms. The molecule has 0 fully saturated rings. The number of methoxy groups -OCH3 is 1. The average Bonchev–Trinajstić information content (AvgIpc) is 3.40. The van der Waals surface area contributed by atoms with Crippen molar-refractivity contribution in [1.82, 2.24) is 18.7 Å². The second-order valence-electron chi connectivity index (χ2n) is 5.84. The first-order valence-corrected chi connectivity index (χ1v) is 9.97. The van der Waals surface area contributed by atoms with Gasteiger partial charge >= 0.3 is 6.01 Å². The highest BCUT2D eigenvalue weighted by Crippen LogP contribution is 2.44. The van der Waals surface area contributed by atoms with Gasteiger partial charge in [0.15, 0.2) is 16.4 Å². The fourth-order valence-electron chi connectivity index (χ4n) is 2.48. The second-order valence-corrected chi connectivity index (χ2v) is 7.33. The van der Waals surface area contributed by atoms with Gasteiger partial charge in [0, 0.05) is 11.5 Å². The first kappa shape index (κ1) is 20.2. The molecule has 0 aliphatic rings. The number of benzene rings is 1. The highest BCUT2D eigenvalue weighted by Gasteiger charge is 2.16. The van der Waals surface area contributed by atoms with Gasteiger partial charge in [0.05, 0.1) is 30.0 Å². The molecule has 0 unspecified atom stereocenters. The number of phenols is 2. The molecule has 154 valence electrons. The number of hydrogen-bond donors (Lipinski definition) is 2. The van der Waals surface area contributed by atoms with E-state index in [0.29, 0.717) is 27.2 Å². The van der Waals surface area contributed by atoms with Crippen LogP contribution in [-0.2, 0) is 0 Å². The molecule has 0 spiro atoms. The fraction of sp³-hybridized carbons (Fsp3) is 0.118. The summed E-state index contributed by atoms with van der Waals surface area (Å²) in [7, 11) is 1.42. The minimum atomic E-state index is -0.434. The molecule has 12 nitrogen and oxygen atoms in total. The molecule has 4 rings (SSSR count). The van der Waals surface area contributed by atoms with Gasteiger partial charge in [-0.25, -0.2) is 0 Å². The molecule has 0 atom stereocenters. The zero-order chi connectivity index (χ0) is 22.0. The van der Waals surface area contributed by atoms with E-state index in [4.69, 9.17) is 4.74 Å². The van der Waals surface area contributed by atoms with E-state index >= 15 is 0 Å². The summed E-state index contributed by atoms with van der Waals surface area (Å²) in [5.74, 6) is -0.746. The molecule has 0 saturated heterocycles. The number of rotatable bonds is 5. The summed E-state index contributed by atoms with van der Waals surface area (Å²) in [4.78, 5) is 8.07. The molecule has 0 radical (unpaired) electrons. The van der Waals surface area contributed by atoms with E-state index in [2.05, 4.69) is 45.2 Å². The van der Waals surface area contributed by atoms with E-state index in [1.165, 1.54) is 19.2 Å². The number of phenolic OH excluding ortho intramolecular Hbond substituents is 2. The van der Waals surface area contributed by atoms with Gasteiger partial charge in [-0.2, -0.15) is 14.6 Å². The minimum absolute atomic E-state index is 0.0347. The predicted octanol–water partition coefficient (Wildman–Crippen LogP) is 4.97. The van der Waals surface area contributed by atoms with Crippen LogP contribution in [0.3, 0.4) is 0 Å². The van der Waals surface area contributed by atoms with Gasteiger partial charge in [0.2, 0.25) is 0 Å². The Kier molecular flexibility index (Phi) is 5.43. The van der Waals surface area contributed by atoms with E-state index in [-0.39, 0.29) is 28.3 Å². The topological polar surface area (TPSA) is 174 Å². The van der Waals surface area contributed by atoms with Crippen LogP contribution in [-0.4, -0.2) is 36.0 Å². The lowest BCUT2D eigenvalue weighted by molar-refractivity contribution is 0.386. The Morgan fingerprint density at radius 3 is 2.68 bits per heavy atom. The van der Waals surface area contributed by atoms with E-state index in [0.717, 1.165) is 23.1 Å². The molecule has 0 amide bonds. The van der Waals surface area contributed by atoms with E-state index in [1.54, 1.807) is 13.1 Å². The molecule has 0 saturated carbocycles. The number of azo groups is 2. The molecule has 3 heterocycles. The summed E-state index contributed by atoms with van der Waals surface area (Å²) < 4.78 is 13.0. The summed E-state index contributed by atoms with van der Waals surface area (Å²) in [5.41, 5.74) is 1.26. The van der Waals surface area contributed by atoms with Crippen LogP contribution >= 0.6 is 23.1 Å². The first-order valence-electron chi connectivity index (χ1n) is 8.43. The smallest absolute Gasteiger partial charge is 0.330 e. The maximum Gasteiger partial charge on any atom is 0.330 e. The van der Waals surface area contributed by atoms with Gasteiger partial charge in [-0.05, 0) is 30.6 Å². The summed E-state index contributed by atoms with van der Waals surface area (Å²) in [6.07, 6.45) is 1.56. The molecule has 0 aliphatic carbocycles. The lowest BCUT2D eigenvalue weighted by Crippen LogP contribution is -1.87. The standard InChI is InChI=1S/C17H11N9O3S2/c1-7-8(5-18)12-10(6-19-7)25-30-15(12)23-21-9-3-4-11(27)13(14(9)28)22-24-17-20-16(29-2)26-31-17/h3-4,6,27-28H,1-2H3/b23-21+,24-22+. The van der Waals surface area contributed by atoms with Crippen LogP contribution in [0.5, 0.6) is 17.5 Å². The summed E-state index contributed by atoms with van der Waals surface area (Å²) in [6, 6.07) is 4.89. The lowest BCUT2D eigenvalue weighted by atomic mass is 10.1. The van der Waals surface area contributed by atoms with Crippen LogP contribution in [0.1, 0.15) is 11.3 Å². The number of nitrogens with zero attached hydrogens (tertiary/aromatic N) is 9. The summed E-state index contributed by atoms with van der Waals surface area (Å²) in [5, 5.41) is 46.9. The summed E-state index contributed by atoms with van der Waals surface area (Å²) >= 11 is 1.98. The number of hydrogen-bond acceptors (Lipinski definition) is 14. The van der Waals surface area contributed by atoms with Crippen molar-refractivity contribution in [1.29, 1.82) is 5.26 Å². The van der Waals surface area contributed by atoms with E-state index < -0.39 is 5.75 Å². The van der Waals surface area contributed by atoms with E-state index in [1.807, 2.05) is 0 Å². The molecule has 4 aromatic rings. The third-order valence-corrected chi connectivity index (χ3v) is 5.31. The zero-order valence-electron chi connectivity index (χ0n) is 15.9. The lowest BCUT2D eigenvalue weighted by Gasteiger charge is -2.03. The predicted molar refractivity (Wildman–Crippen MR) is 111 cm³/mol. The van der Waals surface area contributed by atoms with Crippen molar-refractivity contribution in [2.45, 2.75) is 6.92 Å². The zero-order valence-corrected chi connectivity index (χ0v) is 17.5. The number of fused-ring (bicyclic) bond motifs is 1. The number of ether oxygens (including phenoxy) is 1. The van der Waals surface area contributed by atoms with Crippen molar-refractivity contribution in [3.05, 3.63) is 29.6 Å². The average molecular weight is 453 g/mol. The third kappa shape index (κ3) is 3.86. The van der Waals surface area contributed by atoms with Crippen LogP contribution in [0.4, 0.5) is 21.5 Å². The highest BCUT2D eigenvalue weighted by atomic mass is 32.1. The van der Waals surface area contributed by atoms with Crippen molar-refractivity contribution < 1.29 is 14.9 Å². The van der Waals surface area contributed by atoms with Crippen LogP contribution < -0.4 is 4.74 Å². The van der Waals surface area contributed by atoms with Gasteiger partial charge < -0.3 is 14.9 Å². The van der Waals surface area contributed by atoms with Crippen LogP contribution in [0.25, 0.3) is 10.9 Å². The molecular weight excluding hydrogens is 442 g/mol. The Hall–Kier alpha value is -4.09. The first-order chi connectivity index (χ1) is 15.0. The van der Waals surface area contributed by atoms with Crippen molar-refractivity contribution >= 4 is 55.5 Å². The Balaban J connectivity index is 1.69. The van der Waals surface area contributed by atoms with Crippen LogP contribution in [0.15, 0.2) is 38.8 Å². The van der Waals surface area contributed by atoms with Crippen molar-refractivity contribution in [2.24, 2.45) is 20.5 Å². The molecule has 3 aromatic heterocycles. The molecule has 1 aromatic carbocycles. The van der Waals surface area contributed by atoms with Gasteiger partial charge in [0.25, 0.3) is 5.13 Å². The highest BCUT2D eigenvalue weighted by molar-refractivity contribution is 7.11. The number of aryl methyl sites for hydroxylation is 1. The third-order valence-electron chi connectivity index (χ3n) is 3.98. The Bertz CT molecular complexity index is 1390. The van der Waals surface area contributed by atoms with Gasteiger partial charge in [-0.3, -0.25) is 4.98 Å². The Labute approximate surface area is 182 Å². The number of aromatic nitrogens is 4. The van der Waals surface area contributed by atoms with Gasteiger partial charge in [-0.15, -0.1) is 24.8 Å². The maximum atomic E-state index is 10.5. The van der Waals surface area contributed by atoms with Crippen molar-refractivity contribution in [2.75, 3.05) is 7.11 Å². The molecule has 2 N–H and O–H groups in total. The molecule has 0 bridgehead atoms. The SMILES string of the molecule is COc1nsc(/N=N/c2c(O)ccc(/N=N/c3snc4cnc(C)c(C#N)c34)c2O)n1. The number of pyridine rings is 1. The van der Waals surface area contributed by atoms with Gasteiger partial charge in [-0.1, -0.05) is 0 Å². The molecule has 0 aliphatic heterocycles. The van der Waals surface area contributed by atoms with Crippen molar-refractivity contribution in [3.8, 4) is 23.6 Å². The number of aromatic hydroxyl groups is 2. The molecule has 14 heteroatoms. The quantitative estimate of drug-likeness (QED) is 0.398. The van der Waals surface area contributed by atoms with Crippen LogP contribution in [0, 0.1) is 18.3 Å². The maximum absolute atomic E-state index is 10.5. The Morgan fingerprint density at radius 2 is 1.94 bits per heavy atom. The van der Waals surface area contributed by atoms with Crippen LogP contribution in [0.2, 0.25) is 0 Å². The normalized spacial score (nSPS) is 11.5. The van der Waals surface area contributed by atoms with E-state index in [9.17, 15) is 15.5 Å². The largest absolute Gasteiger partial charge is 0.505 e. The Morgan fingerprint density at radius 1 is 1.10 bits per heavy atom. The second kappa shape index (κ2) is 8.34. The van der Waals surface area contributed by atoms with Crippen molar-refractivity contribution in [3.63, 3.8) is 0 Å².